The van der Waals surface area contributed by atoms with Crippen LogP contribution in [0.4, 0.5) is 20.5 Å². The van der Waals surface area contributed by atoms with Crippen LogP contribution in [-0.2, 0) is 0 Å². The highest BCUT2D eigenvalue weighted by Gasteiger charge is 2.29. The summed E-state index contributed by atoms with van der Waals surface area (Å²) in [5.41, 5.74) is 3.96. The lowest BCUT2D eigenvalue weighted by Crippen LogP contribution is -2.36. The lowest BCUT2D eigenvalue weighted by Gasteiger charge is -2.33. The van der Waals surface area contributed by atoms with Crippen molar-refractivity contribution in [3.63, 3.8) is 0 Å². The molecule has 1 aliphatic heterocycles. The van der Waals surface area contributed by atoms with Gasteiger partial charge in [-0.1, -0.05) is 0 Å². The number of pyridine rings is 1. The Bertz CT molecular complexity index is 1210. The smallest absolute Gasteiger partial charge is 0.241 e. The van der Waals surface area contributed by atoms with Gasteiger partial charge >= 0.3 is 0 Å². The zero-order valence-corrected chi connectivity index (χ0v) is 19.5. The van der Waals surface area contributed by atoms with Crippen molar-refractivity contribution in [1.29, 1.82) is 0 Å². The number of aliphatic imine (C=N–C) groups is 1. The van der Waals surface area contributed by atoms with Crippen molar-refractivity contribution in [1.82, 2.24) is 19.6 Å². The van der Waals surface area contributed by atoms with Crippen LogP contribution in [0.15, 0.2) is 35.7 Å². The van der Waals surface area contributed by atoms with Gasteiger partial charge in [0.05, 0.1) is 17.3 Å². The van der Waals surface area contributed by atoms with Gasteiger partial charge in [0.2, 0.25) is 12.4 Å². The van der Waals surface area contributed by atoms with Crippen molar-refractivity contribution < 1.29 is 13.9 Å². The van der Waals surface area contributed by atoms with E-state index in [0.717, 1.165) is 53.6 Å². The molecule has 180 valence electrons. The molecule has 1 unspecified atom stereocenters. The molecule has 2 aliphatic rings. The number of rotatable bonds is 6. The lowest BCUT2D eigenvalue weighted by molar-refractivity contribution is 0.0195. The summed E-state index contributed by atoms with van der Waals surface area (Å²) in [4.78, 5) is 13.6. The van der Waals surface area contributed by atoms with E-state index in [1.54, 1.807) is 16.9 Å². The average Bonchev–Trinajstić information content (AvgIpc) is 3.22. The van der Waals surface area contributed by atoms with E-state index in [2.05, 4.69) is 25.4 Å². The topological polar surface area (TPSA) is 87.7 Å². The van der Waals surface area contributed by atoms with E-state index in [9.17, 15) is 13.9 Å². The highest BCUT2D eigenvalue weighted by atomic mass is 19.3. The molecule has 1 saturated carbocycles. The fourth-order valence-corrected chi connectivity index (χ4v) is 5.07. The van der Waals surface area contributed by atoms with Crippen LogP contribution in [0.1, 0.15) is 70.3 Å². The van der Waals surface area contributed by atoms with Crippen molar-refractivity contribution in [3.8, 4) is 11.1 Å². The van der Waals surface area contributed by atoms with E-state index in [0.29, 0.717) is 24.6 Å². The molecule has 0 aromatic carbocycles. The Kier molecular flexibility index (Phi) is 6.06. The SMILES string of the molecule is CC1=Nc2ncc(-c3ccn4nc(NC5CCC(C)(O)CC5)ncc34)cc2C(CCC(F)F)C1. The minimum Gasteiger partial charge on any atom is -0.390 e. The quantitative estimate of drug-likeness (QED) is 0.497. The molecule has 2 N–H and O–H groups in total. The Morgan fingerprint density at radius 3 is 2.79 bits per heavy atom. The van der Waals surface area contributed by atoms with Crippen LogP contribution in [0, 0.1) is 0 Å². The molecule has 4 heterocycles. The van der Waals surface area contributed by atoms with Crippen LogP contribution >= 0.6 is 0 Å². The van der Waals surface area contributed by atoms with Gasteiger partial charge in [0, 0.05) is 47.3 Å². The zero-order valence-electron chi connectivity index (χ0n) is 19.5. The van der Waals surface area contributed by atoms with Gasteiger partial charge in [0.15, 0.2) is 5.82 Å². The molecule has 1 fully saturated rings. The maximum Gasteiger partial charge on any atom is 0.241 e. The molecule has 0 saturated heterocycles. The number of anilines is 1. The van der Waals surface area contributed by atoms with Crippen molar-refractivity contribution >= 4 is 23.0 Å². The normalized spacial score (nSPS) is 24.8. The Hall–Kier alpha value is -2.94. The minimum absolute atomic E-state index is 0.00819. The first-order valence-corrected chi connectivity index (χ1v) is 11.9. The fraction of sp³-hybridized carbons (Fsp3) is 0.520. The Morgan fingerprint density at radius 2 is 2.03 bits per heavy atom. The third-order valence-corrected chi connectivity index (χ3v) is 7.03. The number of alkyl halides is 2. The molecular weight excluding hydrogens is 438 g/mol. The lowest BCUT2D eigenvalue weighted by atomic mass is 9.84. The zero-order chi connectivity index (χ0) is 23.9. The summed E-state index contributed by atoms with van der Waals surface area (Å²) in [6.45, 7) is 3.81. The maximum atomic E-state index is 12.9. The second kappa shape index (κ2) is 9.02. The monoisotopic (exact) mass is 468 g/mol. The molecule has 0 radical (unpaired) electrons. The average molecular weight is 469 g/mol. The van der Waals surface area contributed by atoms with Crippen molar-refractivity contribution in [2.75, 3.05) is 5.32 Å². The predicted molar refractivity (Wildman–Crippen MR) is 128 cm³/mol. The van der Waals surface area contributed by atoms with E-state index in [4.69, 9.17) is 0 Å². The molecule has 1 aliphatic carbocycles. The van der Waals surface area contributed by atoms with Crippen LogP contribution in [-0.4, -0.2) is 48.5 Å². The van der Waals surface area contributed by atoms with E-state index in [1.807, 2.05) is 32.2 Å². The van der Waals surface area contributed by atoms with Crippen molar-refractivity contribution in [3.05, 3.63) is 36.3 Å². The molecule has 0 spiro atoms. The molecule has 0 amide bonds. The van der Waals surface area contributed by atoms with Crippen LogP contribution in [0.25, 0.3) is 16.6 Å². The third kappa shape index (κ3) is 4.80. The second-order valence-electron chi connectivity index (χ2n) is 9.91. The molecule has 7 nitrogen and oxygen atoms in total. The minimum atomic E-state index is -2.31. The summed E-state index contributed by atoms with van der Waals surface area (Å²) in [6.07, 6.45) is 7.38. The second-order valence-corrected chi connectivity index (χ2v) is 9.91. The first-order valence-electron chi connectivity index (χ1n) is 11.9. The molecule has 0 bridgehead atoms. The summed E-state index contributed by atoms with van der Waals surface area (Å²) in [5.74, 6) is 1.18. The van der Waals surface area contributed by atoms with Crippen LogP contribution in [0.3, 0.4) is 0 Å². The van der Waals surface area contributed by atoms with Gasteiger partial charge < -0.3 is 10.4 Å². The van der Waals surface area contributed by atoms with Gasteiger partial charge in [-0.05, 0) is 70.4 Å². The van der Waals surface area contributed by atoms with Gasteiger partial charge in [-0.2, -0.15) is 0 Å². The summed E-state index contributed by atoms with van der Waals surface area (Å²) in [7, 11) is 0. The molecule has 3 aromatic rings. The third-order valence-electron chi connectivity index (χ3n) is 7.03. The number of aliphatic hydroxyl groups is 1. The number of nitrogens with one attached hydrogen (secondary N) is 1. The summed E-state index contributed by atoms with van der Waals surface area (Å²) >= 11 is 0. The van der Waals surface area contributed by atoms with Crippen molar-refractivity contribution in [2.24, 2.45) is 4.99 Å². The Labute approximate surface area is 197 Å². The maximum absolute atomic E-state index is 12.9. The number of fused-ring (bicyclic) bond motifs is 2. The Morgan fingerprint density at radius 1 is 1.24 bits per heavy atom. The van der Waals surface area contributed by atoms with Crippen LogP contribution in [0.5, 0.6) is 0 Å². The van der Waals surface area contributed by atoms with E-state index >= 15 is 0 Å². The van der Waals surface area contributed by atoms with Gasteiger partial charge in [-0.15, -0.1) is 5.10 Å². The molecule has 3 aromatic heterocycles. The number of hydrogen-bond acceptors (Lipinski definition) is 6. The number of halogens is 2. The van der Waals surface area contributed by atoms with Gasteiger partial charge in [0.1, 0.15) is 0 Å². The summed E-state index contributed by atoms with van der Waals surface area (Å²) < 4.78 is 27.5. The summed E-state index contributed by atoms with van der Waals surface area (Å²) in [6, 6.07) is 4.25. The molecule has 1 atom stereocenters. The molecular formula is C25H30F2N6O. The van der Waals surface area contributed by atoms with Gasteiger partial charge in [0.25, 0.3) is 0 Å². The molecule has 5 rings (SSSR count). The highest BCUT2D eigenvalue weighted by Crippen LogP contribution is 2.39. The van der Waals surface area contributed by atoms with Gasteiger partial charge in [-0.3, -0.25) is 0 Å². The van der Waals surface area contributed by atoms with E-state index in [-0.39, 0.29) is 18.4 Å². The fourth-order valence-electron chi connectivity index (χ4n) is 5.07. The molecule has 9 heteroatoms. The molecule has 34 heavy (non-hydrogen) atoms. The number of aromatic nitrogens is 4. The first-order chi connectivity index (χ1) is 16.3. The first kappa shape index (κ1) is 22.8. The van der Waals surface area contributed by atoms with E-state index < -0.39 is 12.0 Å². The number of nitrogens with zero attached hydrogens (tertiary/aromatic N) is 5. The van der Waals surface area contributed by atoms with Crippen LogP contribution in [0.2, 0.25) is 0 Å². The standard InChI is InChI=1S/C25H30F2N6O/c1-15-11-16(3-4-22(26)27)20-12-17(13-28-23(20)30-15)19-7-10-33-21(19)14-29-24(32-33)31-18-5-8-25(2,34)9-6-18/h7,10,12-14,16,18,22,34H,3-6,8-9,11H2,1-2H3,(H,31,32). The highest BCUT2D eigenvalue weighted by molar-refractivity contribution is 5.88. The number of hydrogen-bond donors (Lipinski definition) is 2. The largest absolute Gasteiger partial charge is 0.390 e. The van der Waals surface area contributed by atoms with E-state index in [1.165, 1.54) is 0 Å². The predicted octanol–water partition coefficient (Wildman–Crippen LogP) is 5.52. The summed E-state index contributed by atoms with van der Waals surface area (Å²) in [5, 5.41) is 18.2. The van der Waals surface area contributed by atoms with Crippen molar-refractivity contribution in [2.45, 2.75) is 82.8 Å². The van der Waals surface area contributed by atoms with Gasteiger partial charge in [-0.25, -0.2) is 28.3 Å². The van der Waals surface area contributed by atoms with Crippen LogP contribution < -0.4 is 5.32 Å². The Balaban J connectivity index is 1.39.